The minimum atomic E-state index is -1.99. The van der Waals surface area contributed by atoms with Crippen molar-refractivity contribution in [2.45, 2.75) is 31.1 Å². The van der Waals surface area contributed by atoms with Crippen LogP contribution in [0.1, 0.15) is 6.92 Å². The third-order valence-electron chi connectivity index (χ3n) is 12.9. The number of hydrogen-bond acceptors (Lipinski definition) is 2. The Labute approximate surface area is 342 Å². The first-order valence-electron chi connectivity index (χ1n) is 19.7. The van der Waals surface area contributed by atoms with Crippen LogP contribution in [0.3, 0.4) is 0 Å². The number of benzene rings is 6. The minimum absolute atomic E-state index is 0. The number of anilines is 2. The first-order valence-corrected chi connectivity index (χ1v) is 24.5. The number of quaternary nitrogens is 2. The van der Waals surface area contributed by atoms with Crippen molar-refractivity contribution in [3.8, 4) is 0 Å². The molecule has 6 aromatic rings. The van der Waals surface area contributed by atoms with Gasteiger partial charge in [0.2, 0.25) is 5.69 Å². The van der Waals surface area contributed by atoms with Crippen molar-refractivity contribution in [1.29, 1.82) is 0 Å². The van der Waals surface area contributed by atoms with E-state index in [0.717, 1.165) is 28.8 Å². The fraction of sp³-hybridized carbons (Fsp3) is 0.224. The third kappa shape index (κ3) is 8.55. The van der Waals surface area contributed by atoms with Crippen LogP contribution in [-0.2, 0) is 0 Å². The summed E-state index contributed by atoms with van der Waals surface area (Å²) in [7, 11) is -1.78. The Morgan fingerprint density at radius 2 is 0.825 bits per heavy atom. The lowest BCUT2D eigenvalue weighted by atomic mass is 10.2. The van der Waals surface area contributed by atoms with Crippen LogP contribution in [0.25, 0.3) is 0 Å². The van der Waals surface area contributed by atoms with Gasteiger partial charge in [0.1, 0.15) is 21.8 Å². The average molecular weight is 799 g/mol. The summed E-state index contributed by atoms with van der Waals surface area (Å²) in [6.07, 6.45) is 0. The van der Waals surface area contributed by atoms with Gasteiger partial charge in [0.15, 0.2) is 11.6 Å². The molecule has 0 unspecified atom stereocenters. The molecule has 0 aliphatic carbocycles. The van der Waals surface area contributed by atoms with Crippen molar-refractivity contribution in [2.24, 2.45) is 0 Å². The quantitative estimate of drug-likeness (QED) is 0.0737. The van der Waals surface area contributed by atoms with Crippen LogP contribution >= 0.6 is 0 Å². The molecule has 0 atom stereocenters. The Bertz CT molecular complexity index is 2050. The van der Waals surface area contributed by atoms with E-state index in [1.165, 1.54) is 53.4 Å². The van der Waals surface area contributed by atoms with Crippen molar-refractivity contribution < 1.29 is 8.78 Å². The maximum absolute atomic E-state index is 14.7. The van der Waals surface area contributed by atoms with Gasteiger partial charge in [-0.3, -0.25) is 8.97 Å². The summed E-state index contributed by atoms with van der Waals surface area (Å²) < 4.78 is 30.7. The molecule has 0 aromatic heterocycles. The molecule has 0 saturated carbocycles. The predicted octanol–water partition coefficient (Wildman–Crippen LogP) is 8.53. The molecule has 2 aliphatic heterocycles. The summed E-state index contributed by atoms with van der Waals surface area (Å²) in [5.41, 5.74) is 14.1. The summed E-state index contributed by atoms with van der Waals surface area (Å²) in [5, 5.41) is 5.96. The van der Waals surface area contributed by atoms with Crippen LogP contribution in [-0.4, -0.2) is 55.9 Å². The van der Waals surface area contributed by atoms with Crippen LogP contribution in [0.15, 0.2) is 158 Å². The lowest BCUT2D eigenvalue weighted by Gasteiger charge is -2.47. The van der Waals surface area contributed by atoms with E-state index < -0.39 is 27.8 Å². The van der Waals surface area contributed by atoms with E-state index in [4.69, 9.17) is 11.5 Å². The second-order valence-electron chi connectivity index (χ2n) is 15.8. The van der Waals surface area contributed by atoms with Crippen molar-refractivity contribution >= 4 is 59.6 Å². The van der Waals surface area contributed by atoms with Crippen molar-refractivity contribution in [3.05, 3.63) is 184 Å². The molecule has 57 heavy (non-hydrogen) atoms. The van der Waals surface area contributed by atoms with Gasteiger partial charge < -0.3 is 26.3 Å². The van der Waals surface area contributed by atoms with Gasteiger partial charge in [-0.1, -0.05) is 142 Å². The average Bonchev–Trinajstić information content (AvgIpc) is 3.23. The standard InChI is InChI=1S/C24H29N2Si.C23H25F2N2Si.2CH3/c1-2-26(22-15-13-21(25)14-16-22)17-19-27(20-18-26,23-9-5-3-6-10-23)24-11-7-4-8-12-24;1-27(23-21(24)16-18(26)17-22(23)25)12-14-28(15-13-27,19-8-4-2-5-9-19)20-10-6-3-7-11-20;;/h3-16H,2,17-20,25H2,1H3;2-11,16-17H,12-15,26H2,1H3;2*1H3/q2*+1;2*-1. The Morgan fingerprint density at radius 1 is 0.491 bits per heavy atom. The Kier molecular flexibility index (Phi) is 13.8. The minimum Gasteiger partial charge on any atom is -0.399 e. The van der Waals surface area contributed by atoms with E-state index in [1.807, 2.05) is 19.2 Å². The normalized spacial score (nSPS) is 17.4. The lowest BCUT2D eigenvalue weighted by Crippen LogP contribution is -2.68. The summed E-state index contributed by atoms with van der Waals surface area (Å²) >= 11 is 0. The number of nitrogens with two attached hydrogens (primary N) is 2. The molecule has 6 aromatic carbocycles. The highest BCUT2D eigenvalue weighted by molar-refractivity contribution is 7.03. The number of halogens is 2. The van der Waals surface area contributed by atoms with Crippen LogP contribution < -0.4 is 41.2 Å². The lowest BCUT2D eigenvalue weighted by molar-refractivity contribution is 0.303. The number of nitrogens with zero attached hydrogens (tertiary/aromatic N) is 2. The molecule has 2 fully saturated rings. The van der Waals surface area contributed by atoms with E-state index in [9.17, 15) is 8.78 Å². The zero-order valence-electron chi connectivity index (χ0n) is 34.2. The van der Waals surface area contributed by atoms with E-state index in [-0.39, 0.29) is 30.7 Å². The Balaban J connectivity index is 0.000000210. The number of rotatable bonds is 7. The molecule has 2 aliphatic rings. The molecule has 0 radical (unpaired) electrons. The molecule has 298 valence electrons. The van der Waals surface area contributed by atoms with Gasteiger partial charge in [0, 0.05) is 59.8 Å². The van der Waals surface area contributed by atoms with Crippen LogP contribution in [0.5, 0.6) is 0 Å². The molecule has 0 bridgehead atoms. The molecule has 8 heteroatoms. The number of nitrogen functional groups attached to an aromatic ring is 2. The molecule has 8 rings (SSSR count). The van der Waals surface area contributed by atoms with Crippen LogP contribution in [0, 0.1) is 26.5 Å². The second kappa shape index (κ2) is 18.2. The highest BCUT2D eigenvalue weighted by Crippen LogP contribution is 2.37. The smallest absolute Gasteiger partial charge is 0.204 e. The van der Waals surface area contributed by atoms with Gasteiger partial charge in [-0.2, -0.15) is 0 Å². The van der Waals surface area contributed by atoms with Gasteiger partial charge in [0.25, 0.3) is 0 Å². The largest absolute Gasteiger partial charge is 0.399 e. The third-order valence-corrected chi connectivity index (χ3v) is 23.0. The molecule has 0 spiro atoms. The summed E-state index contributed by atoms with van der Waals surface area (Å²) in [6.45, 7) is 7.28. The molecular formula is C49H60F2N4Si2. The van der Waals surface area contributed by atoms with Gasteiger partial charge in [-0.15, -0.1) is 0 Å². The monoisotopic (exact) mass is 798 g/mol. The Morgan fingerprint density at radius 3 is 1.16 bits per heavy atom. The highest BCUT2D eigenvalue weighted by atomic mass is 28.3. The Hall–Kier alpha value is -4.87. The van der Waals surface area contributed by atoms with Gasteiger partial charge >= 0.3 is 0 Å². The summed E-state index contributed by atoms with van der Waals surface area (Å²) in [6, 6.07) is 59.5. The fourth-order valence-corrected chi connectivity index (χ4v) is 19.7. The van der Waals surface area contributed by atoms with Crippen molar-refractivity contribution in [1.82, 2.24) is 8.97 Å². The molecule has 4 N–H and O–H groups in total. The fourth-order valence-electron chi connectivity index (χ4n) is 9.55. The maximum atomic E-state index is 14.7. The van der Waals surface area contributed by atoms with Gasteiger partial charge in [-0.25, -0.2) is 8.78 Å². The maximum Gasteiger partial charge on any atom is 0.204 e. The number of hydrogen-bond donors (Lipinski definition) is 2. The molecular weight excluding hydrogens is 739 g/mol. The topological polar surface area (TPSA) is 52.0 Å². The van der Waals surface area contributed by atoms with E-state index in [0.29, 0.717) is 13.1 Å². The second-order valence-corrected chi connectivity index (χ2v) is 24.4. The van der Waals surface area contributed by atoms with Gasteiger partial charge in [0.05, 0.1) is 39.8 Å². The van der Waals surface area contributed by atoms with E-state index in [1.54, 1.807) is 10.4 Å². The molecule has 2 heterocycles. The first kappa shape index (κ1) is 43.3. The van der Waals surface area contributed by atoms with Crippen molar-refractivity contribution in [2.75, 3.05) is 51.2 Å². The van der Waals surface area contributed by atoms with E-state index in [2.05, 4.69) is 140 Å². The molecule has 4 nitrogen and oxygen atoms in total. The SMILES string of the molecule is CC[N+]1(c2ccc(N)cc2)CC[Si](c2ccccc2)(c2ccccc2)CC1.C[N+]1(c2c(F)cc(N)cc2F)CC[Si](c2ccccc2)(c2ccccc2)CC1.[CH3-].[CH3-]. The first-order chi connectivity index (χ1) is 26.6. The van der Waals surface area contributed by atoms with Gasteiger partial charge in [-0.05, 0) is 19.1 Å². The summed E-state index contributed by atoms with van der Waals surface area (Å²) in [5.74, 6) is -1.10. The molecule has 2 saturated heterocycles. The van der Waals surface area contributed by atoms with Crippen molar-refractivity contribution in [3.63, 3.8) is 0 Å². The van der Waals surface area contributed by atoms with E-state index >= 15 is 0 Å². The predicted molar refractivity (Wildman–Crippen MR) is 249 cm³/mol. The zero-order valence-corrected chi connectivity index (χ0v) is 36.2. The zero-order chi connectivity index (χ0) is 38.5. The summed E-state index contributed by atoms with van der Waals surface area (Å²) in [4.78, 5) is 0. The van der Waals surface area contributed by atoms with Crippen LogP contribution in [0.4, 0.5) is 31.5 Å². The highest BCUT2D eigenvalue weighted by Gasteiger charge is 2.48. The van der Waals surface area contributed by atoms with Crippen LogP contribution in [0.2, 0.25) is 24.2 Å². The molecule has 0 amide bonds.